The third-order valence-corrected chi connectivity index (χ3v) is 4.85. The van der Waals surface area contributed by atoms with Crippen molar-refractivity contribution in [2.24, 2.45) is 0 Å². The van der Waals surface area contributed by atoms with Crippen LogP contribution in [-0.4, -0.2) is 48.3 Å². The summed E-state index contributed by atoms with van der Waals surface area (Å²) in [6.07, 6.45) is 0.126. The first-order chi connectivity index (χ1) is 14.6. The van der Waals surface area contributed by atoms with E-state index in [0.717, 1.165) is 41.1 Å². The second-order valence-corrected chi connectivity index (χ2v) is 7.48. The number of benzene rings is 2. The summed E-state index contributed by atoms with van der Waals surface area (Å²) in [6.45, 7) is 7.15. The second kappa shape index (κ2) is 9.09. The number of nitrogens with zero attached hydrogens (tertiary/aromatic N) is 3. The predicted octanol–water partition coefficient (Wildman–Crippen LogP) is 3.18. The van der Waals surface area contributed by atoms with Crippen LogP contribution < -0.4 is 15.0 Å². The molecule has 1 aliphatic rings. The van der Waals surface area contributed by atoms with Gasteiger partial charge >= 0.3 is 0 Å². The molecule has 1 aromatic heterocycles. The van der Waals surface area contributed by atoms with E-state index in [1.807, 2.05) is 62.4 Å². The molecule has 1 saturated heterocycles. The average Bonchev–Trinajstić information content (AvgIpc) is 2.78. The van der Waals surface area contributed by atoms with E-state index in [9.17, 15) is 4.79 Å². The molecule has 1 amide bonds. The molecule has 0 unspecified atom stereocenters. The summed E-state index contributed by atoms with van der Waals surface area (Å²) in [5.74, 6) is 1.48. The number of anilines is 1. The van der Waals surface area contributed by atoms with Gasteiger partial charge in [-0.1, -0.05) is 24.3 Å². The lowest BCUT2D eigenvalue weighted by Gasteiger charge is -2.28. The number of fused-ring (bicyclic) bond motifs is 1. The Hall–Kier alpha value is -3.19. The van der Waals surface area contributed by atoms with E-state index in [0.29, 0.717) is 19.8 Å². The Balaban J connectivity index is 1.51. The topological polar surface area (TPSA) is 76.6 Å². The fraction of sp³-hybridized carbons (Fsp3) is 0.348. The van der Waals surface area contributed by atoms with Crippen LogP contribution in [0.5, 0.6) is 5.75 Å². The summed E-state index contributed by atoms with van der Waals surface area (Å²) >= 11 is 0. The van der Waals surface area contributed by atoms with Gasteiger partial charge in [0.1, 0.15) is 11.6 Å². The summed E-state index contributed by atoms with van der Waals surface area (Å²) in [7, 11) is 0. The number of hydrogen-bond donors (Lipinski definition) is 1. The molecule has 7 heteroatoms. The molecule has 0 radical (unpaired) electrons. The minimum absolute atomic E-state index is 0.126. The van der Waals surface area contributed by atoms with Crippen molar-refractivity contribution >= 4 is 22.6 Å². The number of aromatic nitrogens is 2. The molecule has 0 bridgehead atoms. The van der Waals surface area contributed by atoms with Gasteiger partial charge in [-0.15, -0.1) is 0 Å². The Morgan fingerprint density at radius 3 is 2.57 bits per heavy atom. The summed E-state index contributed by atoms with van der Waals surface area (Å²) in [5, 5.41) is 3.86. The first-order valence-corrected chi connectivity index (χ1v) is 10.2. The number of ether oxygens (including phenoxy) is 2. The fourth-order valence-electron chi connectivity index (χ4n) is 3.40. The maximum atomic E-state index is 12.8. The van der Waals surface area contributed by atoms with Gasteiger partial charge in [-0.2, -0.15) is 0 Å². The summed E-state index contributed by atoms with van der Waals surface area (Å²) in [4.78, 5) is 24.1. The van der Waals surface area contributed by atoms with E-state index in [1.165, 1.54) is 0 Å². The van der Waals surface area contributed by atoms with Crippen molar-refractivity contribution in [2.75, 3.05) is 31.2 Å². The Morgan fingerprint density at radius 1 is 1.10 bits per heavy atom. The minimum Gasteiger partial charge on any atom is -0.491 e. The number of amides is 1. The molecule has 3 aromatic rings. The molecule has 2 aromatic carbocycles. The standard InChI is InChI=1S/C23H26N4O3/c1-16(2)30-18-9-7-17(8-10-18)15-24-23(28)21-25-20-6-4-3-5-19(20)22(26-21)27-11-13-29-14-12-27/h3-10,16H,11-15H2,1-2H3,(H,24,28). The third-order valence-electron chi connectivity index (χ3n) is 4.85. The Bertz CT molecular complexity index is 1010. The minimum atomic E-state index is -0.294. The second-order valence-electron chi connectivity index (χ2n) is 7.48. The highest BCUT2D eigenvalue weighted by atomic mass is 16.5. The lowest BCUT2D eigenvalue weighted by Crippen LogP contribution is -2.37. The van der Waals surface area contributed by atoms with Crippen LogP contribution in [0.15, 0.2) is 48.5 Å². The quantitative estimate of drug-likeness (QED) is 0.678. The van der Waals surface area contributed by atoms with Crippen LogP contribution in [0.25, 0.3) is 10.9 Å². The number of nitrogens with one attached hydrogen (secondary N) is 1. The highest BCUT2D eigenvalue weighted by Crippen LogP contribution is 2.24. The van der Waals surface area contributed by atoms with Crippen molar-refractivity contribution < 1.29 is 14.3 Å². The lowest BCUT2D eigenvalue weighted by atomic mass is 10.2. The van der Waals surface area contributed by atoms with Crippen LogP contribution in [0.1, 0.15) is 30.0 Å². The van der Waals surface area contributed by atoms with Gasteiger partial charge in [0.25, 0.3) is 5.91 Å². The molecule has 156 valence electrons. The highest BCUT2D eigenvalue weighted by Gasteiger charge is 2.19. The fourth-order valence-corrected chi connectivity index (χ4v) is 3.40. The number of morpholine rings is 1. The molecule has 4 rings (SSSR count). The van der Waals surface area contributed by atoms with Crippen molar-refractivity contribution in [3.63, 3.8) is 0 Å². The highest BCUT2D eigenvalue weighted by molar-refractivity contribution is 5.96. The van der Waals surface area contributed by atoms with E-state index < -0.39 is 0 Å². The smallest absolute Gasteiger partial charge is 0.289 e. The maximum Gasteiger partial charge on any atom is 0.289 e. The van der Waals surface area contributed by atoms with Gasteiger partial charge in [-0.3, -0.25) is 4.79 Å². The number of rotatable bonds is 6. The molecule has 1 fully saturated rings. The van der Waals surface area contributed by atoms with Crippen molar-refractivity contribution in [3.05, 3.63) is 59.9 Å². The lowest BCUT2D eigenvalue weighted by molar-refractivity contribution is 0.0940. The molecule has 0 saturated carbocycles. The Labute approximate surface area is 176 Å². The predicted molar refractivity (Wildman–Crippen MR) is 116 cm³/mol. The largest absolute Gasteiger partial charge is 0.491 e. The van der Waals surface area contributed by atoms with Gasteiger partial charge in [0.05, 0.1) is 24.8 Å². The molecule has 30 heavy (non-hydrogen) atoms. The molecule has 1 N–H and O–H groups in total. The van der Waals surface area contributed by atoms with Gasteiger partial charge in [-0.05, 0) is 43.7 Å². The summed E-state index contributed by atoms with van der Waals surface area (Å²) in [5.41, 5.74) is 1.74. The molecule has 7 nitrogen and oxygen atoms in total. The zero-order chi connectivity index (χ0) is 20.9. The normalized spacial score (nSPS) is 14.2. The summed E-state index contributed by atoms with van der Waals surface area (Å²) < 4.78 is 11.1. The first-order valence-electron chi connectivity index (χ1n) is 10.2. The SMILES string of the molecule is CC(C)Oc1ccc(CNC(=O)c2nc(N3CCOCC3)c3ccccc3n2)cc1. The first kappa shape index (κ1) is 20.1. The van der Waals surface area contributed by atoms with Crippen molar-refractivity contribution in [3.8, 4) is 5.75 Å². The summed E-state index contributed by atoms with van der Waals surface area (Å²) in [6, 6.07) is 15.5. The maximum absolute atomic E-state index is 12.8. The van der Waals surface area contributed by atoms with Crippen LogP contribution in [0.2, 0.25) is 0 Å². The van der Waals surface area contributed by atoms with Crippen molar-refractivity contribution in [2.45, 2.75) is 26.5 Å². The molecule has 0 atom stereocenters. The van der Waals surface area contributed by atoms with Crippen LogP contribution in [-0.2, 0) is 11.3 Å². The van der Waals surface area contributed by atoms with Gasteiger partial charge < -0.3 is 19.7 Å². The zero-order valence-electron chi connectivity index (χ0n) is 17.3. The molecular formula is C23H26N4O3. The van der Waals surface area contributed by atoms with E-state index in [4.69, 9.17) is 9.47 Å². The zero-order valence-corrected chi connectivity index (χ0v) is 17.3. The van der Waals surface area contributed by atoms with Gasteiger partial charge in [-0.25, -0.2) is 9.97 Å². The third kappa shape index (κ3) is 4.68. The van der Waals surface area contributed by atoms with Crippen molar-refractivity contribution in [1.29, 1.82) is 0 Å². The molecule has 1 aliphatic heterocycles. The van der Waals surface area contributed by atoms with E-state index in [-0.39, 0.29) is 17.8 Å². The van der Waals surface area contributed by atoms with Crippen molar-refractivity contribution in [1.82, 2.24) is 15.3 Å². The van der Waals surface area contributed by atoms with Crippen LogP contribution in [0, 0.1) is 0 Å². The van der Waals surface area contributed by atoms with Gasteiger partial charge in [0, 0.05) is 25.0 Å². The molecule has 0 spiro atoms. The number of hydrogen-bond acceptors (Lipinski definition) is 6. The monoisotopic (exact) mass is 406 g/mol. The van der Waals surface area contributed by atoms with Crippen LogP contribution in [0.4, 0.5) is 5.82 Å². The average molecular weight is 406 g/mol. The molecule has 0 aliphatic carbocycles. The number of carbonyl (C=O) groups is 1. The van der Waals surface area contributed by atoms with E-state index in [2.05, 4.69) is 20.2 Å². The molecular weight excluding hydrogens is 380 g/mol. The number of para-hydroxylation sites is 1. The van der Waals surface area contributed by atoms with Crippen LogP contribution in [0.3, 0.4) is 0 Å². The van der Waals surface area contributed by atoms with E-state index in [1.54, 1.807) is 0 Å². The van der Waals surface area contributed by atoms with E-state index >= 15 is 0 Å². The van der Waals surface area contributed by atoms with Crippen LogP contribution >= 0.6 is 0 Å². The number of carbonyl (C=O) groups excluding carboxylic acids is 1. The Kier molecular flexibility index (Phi) is 6.09. The molecule has 2 heterocycles. The Morgan fingerprint density at radius 2 is 1.83 bits per heavy atom. The van der Waals surface area contributed by atoms with Gasteiger partial charge in [0.2, 0.25) is 5.82 Å². The van der Waals surface area contributed by atoms with Gasteiger partial charge in [0.15, 0.2) is 0 Å².